The topological polar surface area (TPSA) is 84.7 Å². The molecule has 2 rings (SSSR count). The molecule has 0 spiro atoms. The monoisotopic (exact) mass is 168 g/mol. The maximum atomic E-state index is 11.1. The van der Waals surface area contributed by atoms with E-state index in [1.165, 1.54) is 6.20 Å². The van der Waals surface area contributed by atoms with Crippen molar-refractivity contribution in [2.45, 2.75) is 0 Å². The van der Waals surface area contributed by atoms with Crippen LogP contribution in [-0.4, -0.2) is 15.2 Å². The predicted molar refractivity (Wildman–Crippen MR) is 42.4 cm³/mol. The Hall–Kier alpha value is -1.43. The summed E-state index contributed by atoms with van der Waals surface area (Å²) in [4.78, 5) is 15.0. The maximum absolute atomic E-state index is 11.1. The van der Waals surface area contributed by atoms with Gasteiger partial charge in [-0.2, -0.15) is 5.10 Å². The molecule has 0 bridgehead atoms. The van der Waals surface area contributed by atoms with Crippen molar-refractivity contribution in [2.24, 2.45) is 0 Å². The molecule has 0 aliphatic rings. The lowest BCUT2D eigenvalue weighted by Crippen LogP contribution is -1.98. The van der Waals surface area contributed by atoms with Crippen molar-refractivity contribution >= 4 is 27.5 Å². The first-order valence-electron chi connectivity index (χ1n) is 2.87. The molecule has 0 saturated carbocycles. The SMILES string of the molecule is Nc1nc2[nH]ncc2c(=O)s1. The molecule has 2 heterocycles. The summed E-state index contributed by atoms with van der Waals surface area (Å²) in [6, 6.07) is 0. The molecule has 0 aromatic carbocycles. The van der Waals surface area contributed by atoms with Gasteiger partial charge in [0.2, 0.25) is 4.74 Å². The first-order chi connectivity index (χ1) is 5.27. The number of fused-ring (bicyclic) bond motifs is 1. The largest absolute Gasteiger partial charge is 0.375 e. The minimum Gasteiger partial charge on any atom is -0.375 e. The molecule has 6 heteroatoms. The fourth-order valence-electron chi connectivity index (χ4n) is 0.797. The number of rotatable bonds is 0. The van der Waals surface area contributed by atoms with Crippen LogP contribution in [0, 0.1) is 0 Å². The number of nitrogens with two attached hydrogens (primary N) is 1. The van der Waals surface area contributed by atoms with E-state index in [0.29, 0.717) is 11.0 Å². The van der Waals surface area contributed by atoms with Crippen LogP contribution in [-0.2, 0) is 0 Å². The highest BCUT2D eigenvalue weighted by Crippen LogP contribution is 2.07. The Labute approximate surface area is 64.9 Å². The Bertz CT molecular complexity index is 445. The smallest absolute Gasteiger partial charge is 0.248 e. The molecule has 3 N–H and O–H groups in total. The van der Waals surface area contributed by atoms with Gasteiger partial charge in [-0.3, -0.25) is 9.89 Å². The molecule has 0 amide bonds. The van der Waals surface area contributed by atoms with Gasteiger partial charge in [-0.1, -0.05) is 11.3 Å². The summed E-state index contributed by atoms with van der Waals surface area (Å²) in [6.07, 6.45) is 1.45. The predicted octanol–water partition coefficient (Wildman–Crippen LogP) is -0.0382. The number of hydrogen-bond acceptors (Lipinski definition) is 5. The Morgan fingerprint density at radius 3 is 3.27 bits per heavy atom. The second-order valence-electron chi connectivity index (χ2n) is 1.97. The van der Waals surface area contributed by atoms with Gasteiger partial charge in [0.05, 0.1) is 11.6 Å². The van der Waals surface area contributed by atoms with E-state index in [9.17, 15) is 4.79 Å². The van der Waals surface area contributed by atoms with E-state index in [0.717, 1.165) is 11.3 Å². The molecule has 2 aromatic heterocycles. The molecule has 0 saturated heterocycles. The molecule has 56 valence electrons. The van der Waals surface area contributed by atoms with Crippen LogP contribution in [0.5, 0.6) is 0 Å². The summed E-state index contributed by atoms with van der Waals surface area (Å²) in [5, 5.41) is 6.98. The molecule has 5 nitrogen and oxygen atoms in total. The van der Waals surface area contributed by atoms with Crippen LogP contribution < -0.4 is 10.5 Å². The van der Waals surface area contributed by atoms with Crippen molar-refractivity contribution < 1.29 is 0 Å². The van der Waals surface area contributed by atoms with Crippen molar-refractivity contribution in [3.63, 3.8) is 0 Å². The number of hydrogen-bond donors (Lipinski definition) is 2. The fraction of sp³-hybridized carbons (Fsp3) is 0. The highest BCUT2D eigenvalue weighted by molar-refractivity contribution is 7.13. The minimum atomic E-state index is -0.110. The van der Waals surface area contributed by atoms with E-state index >= 15 is 0 Å². The van der Waals surface area contributed by atoms with Crippen LogP contribution >= 0.6 is 11.3 Å². The van der Waals surface area contributed by atoms with Crippen LogP contribution in [0.25, 0.3) is 11.0 Å². The van der Waals surface area contributed by atoms with Gasteiger partial charge in [-0.25, -0.2) is 4.98 Å². The zero-order valence-electron chi connectivity index (χ0n) is 5.37. The Morgan fingerprint density at radius 1 is 1.64 bits per heavy atom. The fourth-order valence-corrected chi connectivity index (χ4v) is 1.38. The average molecular weight is 168 g/mol. The Morgan fingerprint density at radius 2 is 2.45 bits per heavy atom. The second kappa shape index (κ2) is 2.03. The number of nitrogens with one attached hydrogen (secondary N) is 1. The van der Waals surface area contributed by atoms with Crippen LogP contribution in [0.2, 0.25) is 0 Å². The van der Waals surface area contributed by atoms with Crippen molar-refractivity contribution in [3.05, 3.63) is 15.7 Å². The third kappa shape index (κ3) is 0.874. The van der Waals surface area contributed by atoms with Crippen LogP contribution in [0.15, 0.2) is 11.0 Å². The summed E-state index contributed by atoms with van der Waals surface area (Å²) in [5.41, 5.74) is 5.79. The molecule has 0 radical (unpaired) electrons. The van der Waals surface area contributed by atoms with Gasteiger partial charge in [-0.05, 0) is 0 Å². The molecular formula is C5H4N4OS. The zero-order valence-corrected chi connectivity index (χ0v) is 6.18. The first kappa shape index (κ1) is 6.29. The summed E-state index contributed by atoms with van der Waals surface area (Å²) < 4.78 is -0.110. The van der Waals surface area contributed by atoms with E-state index < -0.39 is 0 Å². The summed E-state index contributed by atoms with van der Waals surface area (Å²) in [7, 11) is 0. The van der Waals surface area contributed by atoms with E-state index in [1.807, 2.05) is 0 Å². The van der Waals surface area contributed by atoms with Crippen molar-refractivity contribution in [1.29, 1.82) is 0 Å². The van der Waals surface area contributed by atoms with Crippen LogP contribution in [0.3, 0.4) is 0 Å². The average Bonchev–Trinajstić information content (AvgIpc) is 2.34. The van der Waals surface area contributed by atoms with E-state index in [-0.39, 0.29) is 9.87 Å². The molecular weight excluding hydrogens is 164 g/mol. The molecule has 0 fully saturated rings. The maximum Gasteiger partial charge on any atom is 0.248 e. The van der Waals surface area contributed by atoms with Gasteiger partial charge in [-0.15, -0.1) is 0 Å². The normalized spacial score (nSPS) is 10.5. The van der Waals surface area contributed by atoms with Gasteiger partial charge in [0.15, 0.2) is 10.8 Å². The lowest BCUT2D eigenvalue weighted by Gasteiger charge is -1.87. The summed E-state index contributed by atoms with van der Waals surface area (Å²) in [6.45, 7) is 0. The van der Waals surface area contributed by atoms with Gasteiger partial charge >= 0.3 is 0 Å². The van der Waals surface area contributed by atoms with Gasteiger partial charge < -0.3 is 5.73 Å². The number of nitrogens with zero attached hydrogens (tertiary/aromatic N) is 2. The zero-order chi connectivity index (χ0) is 7.84. The van der Waals surface area contributed by atoms with Crippen molar-refractivity contribution in [3.8, 4) is 0 Å². The minimum absolute atomic E-state index is 0.110. The van der Waals surface area contributed by atoms with Crippen molar-refractivity contribution in [1.82, 2.24) is 15.2 Å². The number of nitrogen functional groups attached to an aromatic ring is 1. The molecule has 0 aliphatic carbocycles. The third-order valence-electron chi connectivity index (χ3n) is 1.26. The lowest BCUT2D eigenvalue weighted by molar-refractivity contribution is 1.10. The number of aromatic amines is 1. The Balaban J connectivity index is 3.02. The van der Waals surface area contributed by atoms with Crippen LogP contribution in [0.4, 0.5) is 5.13 Å². The van der Waals surface area contributed by atoms with E-state index in [1.54, 1.807) is 0 Å². The summed E-state index contributed by atoms with van der Waals surface area (Å²) in [5.74, 6) is 0. The molecule has 2 aromatic rings. The van der Waals surface area contributed by atoms with Crippen molar-refractivity contribution in [2.75, 3.05) is 5.73 Å². The number of anilines is 1. The lowest BCUT2D eigenvalue weighted by atomic mass is 10.5. The summed E-state index contributed by atoms with van der Waals surface area (Å²) >= 11 is 0.917. The van der Waals surface area contributed by atoms with Gasteiger partial charge in [0.25, 0.3) is 0 Å². The van der Waals surface area contributed by atoms with E-state index in [4.69, 9.17) is 5.73 Å². The van der Waals surface area contributed by atoms with Gasteiger partial charge in [0.1, 0.15) is 0 Å². The standard InChI is InChI=1S/C5H4N4OS/c6-5-8-3-2(1-7-9-3)4(10)11-5/h1H,(H3,6,7,8,9). The Kier molecular flexibility index (Phi) is 1.16. The second-order valence-corrected chi connectivity index (χ2v) is 2.97. The number of aromatic nitrogens is 3. The van der Waals surface area contributed by atoms with E-state index in [2.05, 4.69) is 15.2 Å². The first-order valence-corrected chi connectivity index (χ1v) is 3.69. The number of H-pyrrole nitrogens is 1. The van der Waals surface area contributed by atoms with Gasteiger partial charge in [0, 0.05) is 0 Å². The molecule has 11 heavy (non-hydrogen) atoms. The van der Waals surface area contributed by atoms with Crippen LogP contribution in [0.1, 0.15) is 0 Å². The molecule has 0 unspecified atom stereocenters. The molecule has 0 aliphatic heterocycles. The third-order valence-corrected chi connectivity index (χ3v) is 1.96. The highest BCUT2D eigenvalue weighted by atomic mass is 32.1. The highest BCUT2D eigenvalue weighted by Gasteiger charge is 2.02. The molecule has 0 atom stereocenters. The quantitative estimate of drug-likeness (QED) is 0.578.